The van der Waals surface area contributed by atoms with Gasteiger partial charge in [0.1, 0.15) is 29.6 Å². The lowest BCUT2D eigenvalue weighted by molar-refractivity contribution is 0.618. The summed E-state index contributed by atoms with van der Waals surface area (Å²) >= 11 is 3.37. The molecule has 0 saturated heterocycles. The summed E-state index contributed by atoms with van der Waals surface area (Å²) in [5, 5.41) is 3.29. The molecule has 4 rings (SSSR count). The predicted octanol–water partition coefficient (Wildman–Crippen LogP) is 3.82. The molecule has 6 nitrogen and oxygen atoms in total. The molecule has 1 atom stereocenters. The van der Waals surface area contributed by atoms with Crippen molar-refractivity contribution >= 4 is 38.6 Å². The van der Waals surface area contributed by atoms with Crippen molar-refractivity contribution in [1.82, 2.24) is 19.5 Å². The number of nitrogens with zero attached hydrogens (tertiary/aromatic N) is 4. The molecule has 2 aromatic heterocycles. The molecule has 2 heterocycles. The van der Waals surface area contributed by atoms with E-state index in [4.69, 9.17) is 10.7 Å². The number of imidazole rings is 1. The number of anilines is 2. The van der Waals surface area contributed by atoms with Gasteiger partial charge in [0.15, 0.2) is 0 Å². The van der Waals surface area contributed by atoms with Crippen LogP contribution in [0.4, 0.5) is 16.0 Å². The molecular formula is C16H16BrFN6. The summed E-state index contributed by atoms with van der Waals surface area (Å²) in [6.45, 7) is 2.00. The van der Waals surface area contributed by atoms with Gasteiger partial charge in [0.05, 0.1) is 21.5 Å². The molecule has 0 amide bonds. The third kappa shape index (κ3) is 2.60. The topological polar surface area (TPSA) is 81.7 Å². The number of benzene rings is 1. The van der Waals surface area contributed by atoms with Crippen molar-refractivity contribution in [3.63, 3.8) is 0 Å². The van der Waals surface area contributed by atoms with Gasteiger partial charge in [0, 0.05) is 12.1 Å². The first-order valence-electron chi connectivity index (χ1n) is 7.74. The Hall–Kier alpha value is -2.22. The first-order chi connectivity index (χ1) is 11.5. The van der Waals surface area contributed by atoms with Gasteiger partial charge in [-0.3, -0.25) is 0 Å². The van der Waals surface area contributed by atoms with Crippen LogP contribution in [0, 0.1) is 5.82 Å². The molecule has 1 fully saturated rings. The molecule has 124 valence electrons. The average molecular weight is 391 g/mol. The number of aromatic nitrogens is 4. The van der Waals surface area contributed by atoms with Crippen molar-refractivity contribution in [2.75, 3.05) is 11.1 Å². The zero-order valence-electron chi connectivity index (χ0n) is 13.0. The van der Waals surface area contributed by atoms with E-state index in [2.05, 4.69) is 35.8 Å². The third-order valence-corrected chi connectivity index (χ3v) is 4.88. The van der Waals surface area contributed by atoms with Crippen LogP contribution in [-0.4, -0.2) is 19.5 Å². The Morgan fingerprint density at radius 1 is 1.38 bits per heavy atom. The number of rotatable bonds is 4. The number of halogens is 2. The molecule has 0 radical (unpaired) electrons. The Morgan fingerprint density at radius 3 is 2.88 bits per heavy atom. The van der Waals surface area contributed by atoms with Gasteiger partial charge in [-0.2, -0.15) is 0 Å². The number of nitrogens with two attached hydrogens (primary N) is 1. The van der Waals surface area contributed by atoms with Crippen molar-refractivity contribution in [1.29, 1.82) is 0 Å². The minimum absolute atomic E-state index is 0.109. The Balaban J connectivity index is 1.78. The largest absolute Gasteiger partial charge is 0.384 e. The molecule has 8 heteroatoms. The van der Waals surface area contributed by atoms with Gasteiger partial charge in [0.2, 0.25) is 0 Å². The summed E-state index contributed by atoms with van der Waals surface area (Å²) in [6.07, 6.45) is 3.57. The second-order valence-electron chi connectivity index (χ2n) is 5.99. The fourth-order valence-electron chi connectivity index (χ4n) is 2.89. The standard InChI is InChI=1S/C16H16BrFN6/c1-8(22-13-6-12(19)20-7-21-13)16-23-11-5-4-10(18)14(17)15(11)24(16)9-2-3-9/h4-9H,2-3H2,1H3,(H3,19,20,21,22)/t8-/m0/s1. The van der Waals surface area contributed by atoms with Crippen LogP contribution >= 0.6 is 15.9 Å². The van der Waals surface area contributed by atoms with E-state index in [9.17, 15) is 4.39 Å². The number of nitrogens with one attached hydrogen (secondary N) is 1. The summed E-state index contributed by atoms with van der Waals surface area (Å²) in [4.78, 5) is 12.8. The van der Waals surface area contributed by atoms with E-state index in [1.807, 2.05) is 6.92 Å². The van der Waals surface area contributed by atoms with Crippen molar-refractivity contribution in [2.24, 2.45) is 0 Å². The second kappa shape index (κ2) is 5.70. The van der Waals surface area contributed by atoms with Gasteiger partial charge in [-0.1, -0.05) is 0 Å². The smallest absolute Gasteiger partial charge is 0.139 e. The first-order valence-corrected chi connectivity index (χ1v) is 8.54. The summed E-state index contributed by atoms with van der Waals surface area (Å²) in [7, 11) is 0. The molecule has 0 unspecified atom stereocenters. The molecular weight excluding hydrogens is 375 g/mol. The quantitative estimate of drug-likeness (QED) is 0.707. The fourth-order valence-corrected chi connectivity index (χ4v) is 3.41. The van der Waals surface area contributed by atoms with E-state index < -0.39 is 0 Å². The molecule has 1 aromatic carbocycles. The highest BCUT2D eigenvalue weighted by atomic mass is 79.9. The van der Waals surface area contributed by atoms with E-state index in [0.29, 0.717) is 22.2 Å². The molecule has 0 spiro atoms. The highest BCUT2D eigenvalue weighted by Gasteiger charge is 2.31. The molecule has 1 aliphatic carbocycles. The summed E-state index contributed by atoms with van der Waals surface area (Å²) < 4.78 is 16.6. The molecule has 3 N–H and O–H groups in total. The maximum Gasteiger partial charge on any atom is 0.139 e. The zero-order chi connectivity index (χ0) is 16.8. The van der Waals surface area contributed by atoms with E-state index in [-0.39, 0.29) is 11.9 Å². The minimum atomic E-state index is -0.278. The summed E-state index contributed by atoms with van der Waals surface area (Å²) in [5.41, 5.74) is 7.29. The van der Waals surface area contributed by atoms with E-state index in [1.165, 1.54) is 12.4 Å². The van der Waals surface area contributed by atoms with Crippen LogP contribution in [0.5, 0.6) is 0 Å². The lowest BCUT2D eigenvalue weighted by Crippen LogP contribution is -2.14. The molecule has 1 saturated carbocycles. The van der Waals surface area contributed by atoms with E-state index >= 15 is 0 Å². The van der Waals surface area contributed by atoms with Gasteiger partial charge in [0.25, 0.3) is 0 Å². The van der Waals surface area contributed by atoms with Crippen molar-refractivity contribution in [3.8, 4) is 0 Å². The Bertz CT molecular complexity index is 920. The van der Waals surface area contributed by atoms with Gasteiger partial charge >= 0.3 is 0 Å². The third-order valence-electron chi connectivity index (χ3n) is 4.12. The average Bonchev–Trinajstić information content (AvgIpc) is 3.31. The molecule has 24 heavy (non-hydrogen) atoms. The van der Waals surface area contributed by atoms with Crippen LogP contribution in [-0.2, 0) is 0 Å². The van der Waals surface area contributed by atoms with Crippen molar-refractivity contribution in [2.45, 2.75) is 31.8 Å². The zero-order valence-corrected chi connectivity index (χ0v) is 14.6. The molecule has 1 aliphatic rings. The molecule has 3 aromatic rings. The molecule has 0 bridgehead atoms. The monoisotopic (exact) mass is 390 g/mol. The van der Waals surface area contributed by atoms with Crippen molar-refractivity contribution < 1.29 is 4.39 Å². The van der Waals surface area contributed by atoms with E-state index in [1.54, 1.807) is 12.1 Å². The first kappa shape index (κ1) is 15.3. The van der Waals surface area contributed by atoms with Gasteiger partial charge in [-0.25, -0.2) is 19.3 Å². The van der Waals surface area contributed by atoms with Crippen LogP contribution in [0.15, 0.2) is 29.0 Å². The maximum absolute atomic E-state index is 14.0. The lowest BCUT2D eigenvalue weighted by atomic mass is 10.3. The Labute approximate surface area is 146 Å². The number of fused-ring (bicyclic) bond motifs is 1. The summed E-state index contributed by atoms with van der Waals surface area (Å²) in [6, 6.07) is 5.08. The normalized spacial score (nSPS) is 15.6. The van der Waals surface area contributed by atoms with Gasteiger partial charge < -0.3 is 15.6 Å². The Morgan fingerprint density at radius 2 is 2.17 bits per heavy atom. The minimum Gasteiger partial charge on any atom is -0.384 e. The van der Waals surface area contributed by atoms with Gasteiger partial charge in [-0.05, 0) is 47.8 Å². The predicted molar refractivity (Wildman–Crippen MR) is 94.1 cm³/mol. The molecule has 0 aliphatic heterocycles. The fraction of sp³-hybridized carbons (Fsp3) is 0.312. The number of hydrogen-bond acceptors (Lipinski definition) is 5. The van der Waals surface area contributed by atoms with Crippen LogP contribution in [0.1, 0.15) is 37.7 Å². The number of nitrogen functional groups attached to an aromatic ring is 1. The van der Waals surface area contributed by atoms with Crippen LogP contribution < -0.4 is 11.1 Å². The Kier molecular flexibility index (Phi) is 3.64. The van der Waals surface area contributed by atoms with Gasteiger partial charge in [-0.15, -0.1) is 0 Å². The van der Waals surface area contributed by atoms with Crippen molar-refractivity contribution in [3.05, 3.63) is 40.6 Å². The lowest BCUT2D eigenvalue weighted by Gasteiger charge is -2.16. The van der Waals surface area contributed by atoms with Crippen LogP contribution in [0.25, 0.3) is 11.0 Å². The van der Waals surface area contributed by atoms with Crippen LogP contribution in [0.3, 0.4) is 0 Å². The second-order valence-corrected chi connectivity index (χ2v) is 6.79. The number of hydrogen-bond donors (Lipinski definition) is 2. The maximum atomic E-state index is 14.0. The summed E-state index contributed by atoms with van der Waals surface area (Å²) in [5.74, 6) is 1.62. The highest BCUT2D eigenvalue weighted by molar-refractivity contribution is 9.10. The van der Waals surface area contributed by atoms with Crippen LogP contribution in [0.2, 0.25) is 0 Å². The highest BCUT2D eigenvalue weighted by Crippen LogP contribution is 2.42. The SMILES string of the molecule is C[C@H](Nc1cc(N)ncn1)c1nc2ccc(F)c(Br)c2n1C1CC1. The van der Waals surface area contributed by atoms with E-state index in [0.717, 1.165) is 29.7 Å².